The summed E-state index contributed by atoms with van der Waals surface area (Å²) in [6, 6.07) is 11.0. The minimum atomic E-state index is 0.726. The number of aromatic nitrogens is 3. The highest BCUT2D eigenvalue weighted by Crippen LogP contribution is 2.24. The fraction of sp³-hybridized carbons (Fsp3) is 0.368. The number of nitrogens with zero attached hydrogens (tertiary/aromatic N) is 4. The lowest BCUT2D eigenvalue weighted by atomic mass is 9.97. The van der Waals surface area contributed by atoms with Crippen LogP contribution in [0.4, 0.5) is 0 Å². The van der Waals surface area contributed by atoms with E-state index in [4.69, 9.17) is 0 Å². The van der Waals surface area contributed by atoms with Crippen LogP contribution in [0.1, 0.15) is 18.4 Å². The monoisotopic (exact) mass is 338 g/mol. The number of piperidine rings is 1. The number of likely N-dealkylation sites (tertiary alicyclic amines) is 1. The lowest BCUT2D eigenvalue weighted by Crippen LogP contribution is -2.36. The van der Waals surface area contributed by atoms with E-state index in [0.717, 1.165) is 19.0 Å². The van der Waals surface area contributed by atoms with Crippen LogP contribution in [-0.2, 0) is 13.1 Å². The van der Waals surface area contributed by atoms with E-state index in [1.165, 1.54) is 41.9 Å². The van der Waals surface area contributed by atoms with Gasteiger partial charge in [0.15, 0.2) is 0 Å². The van der Waals surface area contributed by atoms with Crippen LogP contribution in [0.3, 0.4) is 0 Å². The second-order valence-corrected chi connectivity index (χ2v) is 7.41. The van der Waals surface area contributed by atoms with Crippen LogP contribution in [0.5, 0.6) is 0 Å². The van der Waals surface area contributed by atoms with Gasteiger partial charge < -0.3 is 4.57 Å². The normalized spacial score (nSPS) is 18.8. The van der Waals surface area contributed by atoms with Crippen molar-refractivity contribution in [1.29, 1.82) is 0 Å². The van der Waals surface area contributed by atoms with Crippen molar-refractivity contribution in [3.05, 3.63) is 60.8 Å². The van der Waals surface area contributed by atoms with Crippen molar-refractivity contribution in [2.75, 3.05) is 13.1 Å². The van der Waals surface area contributed by atoms with Gasteiger partial charge in [-0.3, -0.25) is 4.90 Å². The van der Waals surface area contributed by atoms with Crippen LogP contribution in [0, 0.1) is 5.92 Å². The first-order valence-corrected chi connectivity index (χ1v) is 9.32. The lowest BCUT2D eigenvalue weighted by molar-refractivity contribution is 0.156. The molecule has 5 heteroatoms. The van der Waals surface area contributed by atoms with Gasteiger partial charge in [0.25, 0.3) is 0 Å². The van der Waals surface area contributed by atoms with Gasteiger partial charge in [0.1, 0.15) is 0 Å². The maximum Gasteiger partial charge on any atom is 0.0946 e. The van der Waals surface area contributed by atoms with Gasteiger partial charge in [-0.05, 0) is 54.0 Å². The molecule has 0 bridgehead atoms. The van der Waals surface area contributed by atoms with Crippen molar-refractivity contribution in [3.8, 4) is 10.4 Å². The molecule has 0 amide bonds. The van der Waals surface area contributed by atoms with Crippen LogP contribution in [0.2, 0.25) is 0 Å². The first-order chi connectivity index (χ1) is 11.9. The fourth-order valence-corrected chi connectivity index (χ4v) is 4.13. The Labute approximate surface area is 146 Å². The maximum absolute atomic E-state index is 4.18. The molecule has 3 heterocycles. The van der Waals surface area contributed by atoms with Gasteiger partial charge in [-0.1, -0.05) is 24.3 Å². The van der Waals surface area contributed by atoms with Crippen molar-refractivity contribution in [1.82, 2.24) is 18.8 Å². The van der Waals surface area contributed by atoms with Crippen molar-refractivity contribution < 1.29 is 0 Å². The molecule has 0 radical (unpaired) electrons. The van der Waals surface area contributed by atoms with Crippen LogP contribution in [-0.4, -0.2) is 31.9 Å². The Morgan fingerprint density at radius 3 is 2.79 bits per heavy atom. The molecule has 4 rings (SSSR count). The minimum Gasteiger partial charge on any atom is -0.337 e. The van der Waals surface area contributed by atoms with E-state index in [-0.39, 0.29) is 0 Å². The van der Waals surface area contributed by atoms with Crippen molar-refractivity contribution in [2.24, 2.45) is 5.92 Å². The highest BCUT2D eigenvalue weighted by Gasteiger charge is 2.20. The summed E-state index contributed by atoms with van der Waals surface area (Å²) in [7, 11) is 0. The summed E-state index contributed by atoms with van der Waals surface area (Å²) < 4.78 is 6.39. The number of hydrogen-bond donors (Lipinski definition) is 0. The molecule has 24 heavy (non-hydrogen) atoms. The van der Waals surface area contributed by atoms with Crippen LogP contribution < -0.4 is 0 Å². The van der Waals surface area contributed by atoms with Crippen molar-refractivity contribution in [2.45, 2.75) is 25.9 Å². The largest absolute Gasteiger partial charge is 0.337 e. The minimum absolute atomic E-state index is 0.726. The number of rotatable bonds is 5. The second-order valence-electron chi connectivity index (χ2n) is 6.58. The van der Waals surface area contributed by atoms with Gasteiger partial charge in [-0.2, -0.15) is 0 Å². The molecule has 1 aromatic carbocycles. The summed E-state index contributed by atoms with van der Waals surface area (Å²) >= 11 is 1.55. The Balaban J connectivity index is 1.36. The summed E-state index contributed by atoms with van der Waals surface area (Å²) in [5.41, 5.74) is 2.66. The third kappa shape index (κ3) is 3.74. The van der Waals surface area contributed by atoms with Crippen LogP contribution >= 0.6 is 11.5 Å². The zero-order valence-electron chi connectivity index (χ0n) is 13.7. The van der Waals surface area contributed by atoms with Gasteiger partial charge in [-0.15, -0.1) is 0 Å². The van der Waals surface area contributed by atoms with Crippen molar-refractivity contribution in [3.63, 3.8) is 0 Å². The molecule has 1 atom stereocenters. The molecule has 1 unspecified atom stereocenters. The molecular formula is C19H22N4S. The topological polar surface area (TPSA) is 34.0 Å². The van der Waals surface area contributed by atoms with E-state index in [2.05, 4.69) is 55.4 Å². The highest BCUT2D eigenvalue weighted by atomic mass is 32.1. The molecule has 0 N–H and O–H groups in total. The average molecular weight is 338 g/mol. The van der Waals surface area contributed by atoms with E-state index in [1.807, 2.05) is 18.7 Å². The quantitative estimate of drug-likeness (QED) is 0.707. The maximum atomic E-state index is 4.18. The Bertz CT molecular complexity index is 734. The molecule has 0 saturated carbocycles. The summed E-state index contributed by atoms with van der Waals surface area (Å²) in [5.74, 6) is 0.726. The van der Waals surface area contributed by atoms with E-state index in [1.54, 1.807) is 11.5 Å². The molecule has 124 valence electrons. The summed E-state index contributed by atoms with van der Waals surface area (Å²) in [6.45, 7) is 4.51. The van der Waals surface area contributed by atoms with Gasteiger partial charge >= 0.3 is 0 Å². The third-order valence-electron chi connectivity index (χ3n) is 4.71. The zero-order chi connectivity index (χ0) is 16.2. The van der Waals surface area contributed by atoms with Crippen LogP contribution in [0.25, 0.3) is 10.4 Å². The molecule has 1 aliphatic heterocycles. The molecule has 2 aromatic heterocycles. The van der Waals surface area contributed by atoms with Crippen LogP contribution in [0.15, 0.2) is 55.2 Å². The first kappa shape index (κ1) is 15.5. The molecule has 3 aromatic rings. The van der Waals surface area contributed by atoms with E-state index in [0.29, 0.717) is 0 Å². The van der Waals surface area contributed by atoms with Gasteiger partial charge in [-0.25, -0.2) is 9.36 Å². The SMILES string of the molecule is c1cn(CC2CCCN(Cc3ccc(-c4ccns4)cc3)C2)cn1. The first-order valence-electron chi connectivity index (χ1n) is 8.55. The second kappa shape index (κ2) is 7.28. The Morgan fingerprint density at radius 1 is 1.12 bits per heavy atom. The van der Waals surface area contributed by atoms with Gasteiger partial charge in [0.05, 0.1) is 11.2 Å². The molecular weight excluding hydrogens is 316 g/mol. The Morgan fingerprint density at radius 2 is 2.04 bits per heavy atom. The molecule has 0 spiro atoms. The summed E-state index contributed by atoms with van der Waals surface area (Å²) in [6.07, 6.45) is 10.3. The van der Waals surface area contributed by atoms with E-state index >= 15 is 0 Å². The Hall–Kier alpha value is -1.98. The summed E-state index contributed by atoms with van der Waals surface area (Å²) in [5, 5.41) is 0. The predicted molar refractivity (Wildman–Crippen MR) is 97.8 cm³/mol. The third-order valence-corrected chi connectivity index (χ3v) is 5.51. The molecule has 1 saturated heterocycles. The summed E-state index contributed by atoms with van der Waals surface area (Å²) in [4.78, 5) is 7.98. The number of imidazole rings is 1. The number of benzene rings is 1. The van der Waals surface area contributed by atoms with Gasteiger partial charge in [0, 0.05) is 38.2 Å². The highest BCUT2D eigenvalue weighted by molar-refractivity contribution is 7.09. The number of hydrogen-bond acceptors (Lipinski definition) is 4. The average Bonchev–Trinajstić information content (AvgIpc) is 3.29. The van der Waals surface area contributed by atoms with Crippen molar-refractivity contribution >= 4 is 11.5 Å². The molecule has 0 aliphatic carbocycles. The fourth-order valence-electron chi connectivity index (χ4n) is 3.53. The molecule has 1 aliphatic rings. The van der Waals surface area contributed by atoms with Gasteiger partial charge in [0.2, 0.25) is 0 Å². The van der Waals surface area contributed by atoms with E-state index < -0.39 is 0 Å². The standard InChI is InChI=1S/C19H22N4S/c1-2-17(14-23-11-9-20-15-23)13-22(10-1)12-16-3-5-18(6-4-16)19-7-8-21-24-19/h3-9,11,15,17H,1-2,10,12-14H2. The predicted octanol–water partition coefficient (Wildman–Crippen LogP) is 3.92. The Kier molecular flexibility index (Phi) is 4.71. The molecule has 4 nitrogen and oxygen atoms in total. The van der Waals surface area contributed by atoms with E-state index in [9.17, 15) is 0 Å². The zero-order valence-corrected chi connectivity index (χ0v) is 14.5. The lowest BCUT2D eigenvalue weighted by Gasteiger charge is -2.33. The molecule has 1 fully saturated rings. The smallest absolute Gasteiger partial charge is 0.0946 e.